The number of aliphatic hydroxyl groups is 1. The zero-order chi connectivity index (χ0) is 15.8. The lowest BCUT2D eigenvalue weighted by molar-refractivity contribution is -0.144. The molecule has 0 saturated carbocycles. The van der Waals surface area contributed by atoms with Crippen LogP contribution in [0.1, 0.15) is 29.8 Å². The summed E-state index contributed by atoms with van der Waals surface area (Å²) in [6, 6.07) is 0.764. The summed E-state index contributed by atoms with van der Waals surface area (Å²) in [5.74, 6) is 4.05. The number of aliphatic hydroxyl groups excluding tert-OH is 1. The molecule has 0 aliphatic rings. The zero-order valence-corrected chi connectivity index (χ0v) is 12.2. The van der Waals surface area contributed by atoms with Gasteiger partial charge in [0.1, 0.15) is 12.6 Å². The quantitative estimate of drug-likeness (QED) is 0.617. The summed E-state index contributed by atoms with van der Waals surface area (Å²) in [4.78, 5) is 27.8. The van der Waals surface area contributed by atoms with Crippen LogP contribution in [0.25, 0.3) is 0 Å². The highest BCUT2D eigenvalue weighted by Crippen LogP contribution is 2.09. The van der Waals surface area contributed by atoms with Gasteiger partial charge in [-0.05, 0) is 12.0 Å². The third-order valence-electron chi connectivity index (χ3n) is 2.78. The third-order valence-corrected chi connectivity index (χ3v) is 2.78. The Morgan fingerprint density at radius 3 is 2.76 bits per heavy atom. The maximum absolute atomic E-state index is 12.3. The normalized spacial score (nSPS) is 11.3. The number of methoxy groups -OCH3 is 1. The minimum atomic E-state index is -0.741. The molecule has 0 fully saturated rings. The Kier molecular flexibility index (Phi) is 6.37. The van der Waals surface area contributed by atoms with Crippen LogP contribution in [0.2, 0.25) is 0 Å². The Hall–Kier alpha value is -2.39. The van der Waals surface area contributed by atoms with Crippen LogP contribution < -0.4 is 5.32 Å². The van der Waals surface area contributed by atoms with Crippen LogP contribution in [0.4, 0.5) is 0 Å². The highest BCUT2D eigenvalue weighted by atomic mass is 16.5. The molecule has 0 spiro atoms. The van der Waals surface area contributed by atoms with Crippen molar-refractivity contribution in [2.75, 3.05) is 13.7 Å². The lowest BCUT2D eigenvalue weighted by atomic mass is 10.0. The number of ether oxygens (including phenoxy) is 1. The van der Waals surface area contributed by atoms with E-state index >= 15 is 0 Å². The number of esters is 1. The summed E-state index contributed by atoms with van der Waals surface area (Å²) >= 11 is 0. The first kappa shape index (κ1) is 16.7. The SMILES string of the molecule is COC(=O)C(NC(=O)c1ccncc1C#CCO)C(C)C. The second-order valence-electron chi connectivity index (χ2n) is 4.60. The Morgan fingerprint density at radius 1 is 1.48 bits per heavy atom. The van der Waals surface area contributed by atoms with Crippen LogP contribution in [-0.2, 0) is 9.53 Å². The second-order valence-corrected chi connectivity index (χ2v) is 4.60. The molecule has 6 nitrogen and oxygen atoms in total. The number of hydrogen-bond donors (Lipinski definition) is 2. The van der Waals surface area contributed by atoms with E-state index in [4.69, 9.17) is 5.11 Å². The monoisotopic (exact) mass is 290 g/mol. The molecular weight excluding hydrogens is 272 g/mol. The molecule has 6 heteroatoms. The highest BCUT2D eigenvalue weighted by Gasteiger charge is 2.26. The van der Waals surface area contributed by atoms with E-state index in [1.807, 2.05) is 0 Å². The molecule has 0 aromatic carbocycles. The van der Waals surface area contributed by atoms with Crippen LogP contribution in [0, 0.1) is 17.8 Å². The fourth-order valence-electron chi connectivity index (χ4n) is 1.67. The van der Waals surface area contributed by atoms with Gasteiger partial charge in [-0.15, -0.1) is 0 Å². The number of aromatic nitrogens is 1. The number of carbonyl (C=O) groups excluding carboxylic acids is 2. The van der Waals surface area contributed by atoms with E-state index in [9.17, 15) is 9.59 Å². The van der Waals surface area contributed by atoms with Crippen molar-refractivity contribution < 1.29 is 19.4 Å². The van der Waals surface area contributed by atoms with Crippen LogP contribution in [-0.4, -0.2) is 41.7 Å². The van der Waals surface area contributed by atoms with Crippen LogP contribution in [0.3, 0.4) is 0 Å². The average Bonchev–Trinajstić information content (AvgIpc) is 2.49. The molecule has 1 heterocycles. The number of nitrogens with zero attached hydrogens (tertiary/aromatic N) is 1. The van der Waals surface area contributed by atoms with E-state index in [0.29, 0.717) is 11.1 Å². The molecule has 2 N–H and O–H groups in total. The summed E-state index contributed by atoms with van der Waals surface area (Å²) in [5.41, 5.74) is 0.678. The van der Waals surface area contributed by atoms with Crippen molar-refractivity contribution in [1.29, 1.82) is 0 Å². The van der Waals surface area contributed by atoms with Crippen LogP contribution in [0.15, 0.2) is 18.5 Å². The minimum Gasteiger partial charge on any atom is -0.467 e. The van der Waals surface area contributed by atoms with E-state index in [0.717, 1.165) is 0 Å². The van der Waals surface area contributed by atoms with Crippen molar-refractivity contribution in [3.63, 3.8) is 0 Å². The van der Waals surface area contributed by atoms with Gasteiger partial charge in [0.05, 0.1) is 18.2 Å². The first-order valence-electron chi connectivity index (χ1n) is 6.43. The fourth-order valence-corrected chi connectivity index (χ4v) is 1.67. The van der Waals surface area contributed by atoms with Gasteiger partial charge < -0.3 is 15.2 Å². The Bertz CT molecular complexity index is 573. The first-order valence-corrected chi connectivity index (χ1v) is 6.43. The number of amides is 1. The number of pyridine rings is 1. The highest BCUT2D eigenvalue weighted by molar-refractivity contribution is 5.98. The molecule has 1 unspecified atom stereocenters. The molecule has 0 aliphatic heterocycles. The largest absolute Gasteiger partial charge is 0.467 e. The molecule has 1 aromatic heterocycles. The molecule has 1 aromatic rings. The van der Waals surface area contributed by atoms with Gasteiger partial charge in [-0.3, -0.25) is 9.78 Å². The molecule has 21 heavy (non-hydrogen) atoms. The number of hydrogen-bond acceptors (Lipinski definition) is 5. The Balaban J connectivity index is 3.00. The van der Waals surface area contributed by atoms with Crippen LogP contribution >= 0.6 is 0 Å². The summed E-state index contributed by atoms with van der Waals surface area (Å²) in [6.07, 6.45) is 2.89. The van der Waals surface area contributed by atoms with Crippen molar-refractivity contribution in [2.24, 2.45) is 5.92 Å². The molecular formula is C15H18N2O4. The van der Waals surface area contributed by atoms with Crippen molar-refractivity contribution in [1.82, 2.24) is 10.3 Å². The Morgan fingerprint density at radius 2 is 2.19 bits per heavy atom. The van der Waals surface area contributed by atoms with Gasteiger partial charge >= 0.3 is 5.97 Å². The summed E-state index contributed by atoms with van der Waals surface area (Å²) < 4.78 is 4.68. The number of nitrogens with one attached hydrogen (secondary N) is 1. The maximum Gasteiger partial charge on any atom is 0.328 e. The van der Waals surface area contributed by atoms with Gasteiger partial charge in [0.15, 0.2) is 0 Å². The summed E-state index contributed by atoms with van der Waals surface area (Å²) in [7, 11) is 1.27. The third kappa shape index (κ3) is 4.58. The first-order chi connectivity index (χ1) is 10.0. The maximum atomic E-state index is 12.3. The standard InChI is InChI=1S/C15H18N2O4/c1-10(2)13(15(20)21-3)17-14(19)12-6-7-16-9-11(12)5-4-8-18/h6-7,9-10,13,18H,8H2,1-3H3,(H,17,19). The van der Waals surface area contributed by atoms with Crippen molar-refractivity contribution in [3.05, 3.63) is 29.6 Å². The predicted molar refractivity (Wildman–Crippen MR) is 76.3 cm³/mol. The van der Waals surface area contributed by atoms with E-state index in [-0.39, 0.29) is 12.5 Å². The molecule has 0 bridgehead atoms. The van der Waals surface area contributed by atoms with E-state index in [1.165, 1.54) is 25.6 Å². The second kappa shape index (κ2) is 8.02. The molecule has 112 valence electrons. The Labute approximate surface area is 123 Å². The summed E-state index contributed by atoms with van der Waals surface area (Å²) in [5, 5.41) is 11.4. The average molecular weight is 290 g/mol. The van der Waals surface area contributed by atoms with E-state index in [1.54, 1.807) is 13.8 Å². The van der Waals surface area contributed by atoms with Crippen molar-refractivity contribution >= 4 is 11.9 Å². The van der Waals surface area contributed by atoms with Gasteiger partial charge in [-0.1, -0.05) is 25.7 Å². The molecule has 1 amide bonds. The minimum absolute atomic E-state index is 0.116. The van der Waals surface area contributed by atoms with Crippen LogP contribution in [0.5, 0.6) is 0 Å². The molecule has 0 aliphatic carbocycles. The lowest BCUT2D eigenvalue weighted by Crippen LogP contribution is -2.45. The van der Waals surface area contributed by atoms with Gasteiger partial charge in [0.25, 0.3) is 5.91 Å². The molecule has 0 radical (unpaired) electrons. The molecule has 0 saturated heterocycles. The smallest absolute Gasteiger partial charge is 0.328 e. The fraction of sp³-hybridized carbons (Fsp3) is 0.400. The zero-order valence-electron chi connectivity index (χ0n) is 12.2. The topological polar surface area (TPSA) is 88.5 Å². The van der Waals surface area contributed by atoms with E-state index < -0.39 is 17.9 Å². The molecule has 1 atom stereocenters. The number of carbonyl (C=O) groups is 2. The summed E-state index contributed by atoms with van der Waals surface area (Å²) in [6.45, 7) is 3.30. The molecule has 1 rings (SSSR count). The van der Waals surface area contributed by atoms with Crippen molar-refractivity contribution in [3.8, 4) is 11.8 Å². The lowest BCUT2D eigenvalue weighted by Gasteiger charge is -2.20. The van der Waals surface area contributed by atoms with Crippen molar-refractivity contribution in [2.45, 2.75) is 19.9 Å². The van der Waals surface area contributed by atoms with Gasteiger partial charge in [0.2, 0.25) is 0 Å². The van der Waals surface area contributed by atoms with Gasteiger partial charge in [-0.25, -0.2) is 4.79 Å². The van der Waals surface area contributed by atoms with Gasteiger partial charge in [-0.2, -0.15) is 0 Å². The van der Waals surface area contributed by atoms with Gasteiger partial charge in [0, 0.05) is 12.4 Å². The number of rotatable bonds is 4. The predicted octanol–water partition coefficient (Wildman–Crippen LogP) is 0.353. The van der Waals surface area contributed by atoms with E-state index in [2.05, 4.69) is 26.9 Å².